The van der Waals surface area contributed by atoms with E-state index in [1.165, 1.54) is 19.1 Å². The van der Waals surface area contributed by atoms with Crippen LogP contribution in [0.2, 0.25) is 0 Å². The highest BCUT2D eigenvalue weighted by Gasteiger charge is 2.15. The first-order chi connectivity index (χ1) is 6.60. The van der Waals surface area contributed by atoms with Gasteiger partial charge in [0.05, 0.1) is 12.7 Å². The highest BCUT2D eigenvalue weighted by atomic mass is 19.1. The van der Waals surface area contributed by atoms with Gasteiger partial charge >= 0.3 is 5.97 Å². The van der Waals surface area contributed by atoms with E-state index in [2.05, 4.69) is 4.74 Å². The van der Waals surface area contributed by atoms with Gasteiger partial charge in [0.2, 0.25) is 0 Å². The lowest BCUT2D eigenvalue weighted by molar-refractivity contribution is 0.0595. The van der Waals surface area contributed by atoms with Crippen molar-refractivity contribution in [3.05, 3.63) is 34.6 Å². The Hall–Kier alpha value is -1.71. The van der Waals surface area contributed by atoms with E-state index in [0.717, 1.165) is 7.11 Å². The van der Waals surface area contributed by atoms with Crippen molar-refractivity contribution < 1.29 is 18.7 Å². The summed E-state index contributed by atoms with van der Waals surface area (Å²) in [6, 6.07) is 2.54. The molecule has 0 radical (unpaired) electrons. The Morgan fingerprint density at radius 2 is 2.14 bits per heavy atom. The molecule has 0 saturated heterocycles. The Bertz CT molecular complexity index is 385. The molecule has 0 atom stereocenters. The molecule has 0 aromatic heterocycles. The Morgan fingerprint density at radius 3 is 2.64 bits per heavy atom. The van der Waals surface area contributed by atoms with Crippen molar-refractivity contribution in [2.45, 2.75) is 6.92 Å². The summed E-state index contributed by atoms with van der Waals surface area (Å²) in [5.41, 5.74) is 0.286. The molecule has 0 saturated carbocycles. The maximum atomic E-state index is 13.3. The second kappa shape index (κ2) is 4.00. The number of carbonyl (C=O) groups is 2. The largest absolute Gasteiger partial charge is 0.465 e. The molecule has 0 spiro atoms. The number of esters is 1. The van der Waals surface area contributed by atoms with Gasteiger partial charge in [0.1, 0.15) is 12.1 Å². The standard InChI is InChI=1S/C10H9FO3/c1-6-3-7(5-12)4-8(9(6)11)10(13)14-2/h3-5H,1-2H3. The maximum absolute atomic E-state index is 13.3. The molecule has 1 aromatic rings. The van der Waals surface area contributed by atoms with E-state index in [0.29, 0.717) is 6.29 Å². The van der Waals surface area contributed by atoms with Crippen LogP contribution in [0.25, 0.3) is 0 Å². The molecule has 0 aliphatic carbocycles. The van der Waals surface area contributed by atoms with E-state index >= 15 is 0 Å². The molecule has 1 rings (SSSR count). The number of carbonyl (C=O) groups excluding carboxylic acids is 2. The van der Waals surface area contributed by atoms with Crippen LogP contribution in [0.1, 0.15) is 26.3 Å². The van der Waals surface area contributed by atoms with Crippen molar-refractivity contribution in [2.75, 3.05) is 7.11 Å². The number of ether oxygens (including phenoxy) is 1. The first kappa shape index (κ1) is 10.4. The molecule has 4 heteroatoms. The van der Waals surface area contributed by atoms with Crippen LogP contribution in [0.4, 0.5) is 4.39 Å². The summed E-state index contributed by atoms with van der Waals surface area (Å²) in [5.74, 6) is -1.43. The van der Waals surface area contributed by atoms with Gasteiger partial charge < -0.3 is 4.74 Å². The molecule has 0 N–H and O–H groups in total. The van der Waals surface area contributed by atoms with E-state index in [1.807, 2.05) is 0 Å². The van der Waals surface area contributed by atoms with Crippen LogP contribution in [0.5, 0.6) is 0 Å². The number of aldehydes is 1. The number of hydrogen-bond donors (Lipinski definition) is 0. The Labute approximate surface area is 80.5 Å². The molecule has 1 aromatic carbocycles. The first-order valence-corrected chi connectivity index (χ1v) is 3.93. The van der Waals surface area contributed by atoms with Gasteiger partial charge in [-0.3, -0.25) is 4.79 Å². The van der Waals surface area contributed by atoms with Crippen molar-refractivity contribution in [1.82, 2.24) is 0 Å². The van der Waals surface area contributed by atoms with Crippen molar-refractivity contribution in [1.29, 1.82) is 0 Å². The molecule has 3 nitrogen and oxygen atoms in total. The molecule has 0 bridgehead atoms. The van der Waals surface area contributed by atoms with Crippen LogP contribution >= 0.6 is 0 Å². The summed E-state index contributed by atoms with van der Waals surface area (Å²) < 4.78 is 17.7. The van der Waals surface area contributed by atoms with E-state index < -0.39 is 11.8 Å². The topological polar surface area (TPSA) is 43.4 Å². The van der Waals surface area contributed by atoms with Gasteiger partial charge in [-0.05, 0) is 24.6 Å². The number of rotatable bonds is 2. The van der Waals surface area contributed by atoms with Gasteiger partial charge in [-0.2, -0.15) is 0 Å². The molecule has 0 unspecified atom stereocenters. The minimum Gasteiger partial charge on any atom is -0.465 e. The third-order valence-corrected chi connectivity index (χ3v) is 1.82. The van der Waals surface area contributed by atoms with Crippen LogP contribution in [-0.4, -0.2) is 19.4 Å². The fourth-order valence-corrected chi connectivity index (χ4v) is 1.12. The van der Waals surface area contributed by atoms with Gasteiger partial charge in [0.15, 0.2) is 0 Å². The van der Waals surface area contributed by atoms with Gasteiger partial charge in [-0.15, -0.1) is 0 Å². The molecular weight excluding hydrogens is 187 g/mol. The van der Waals surface area contributed by atoms with Crippen LogP contribution in [-0.2, 0) is 4.74 Å². The fourth-order valence-electron chi connectivity index (χ4n) is 1.12. The van der Waals surface area contributed by atoms with Gasteiger partial charge in [0.25, 0.3) is 0 Å². The summed E-state index contributed by atoms with van der Waals surface area (Å²) in [6.07, 6.45) is 0.554. The number of hydrogen-bond acceptors (Lipinski definition) is 3. The zero-order valence-corrected chi connectivity index (χ0v) is 7.83. The lowest BCUT2D eigenvalue weighted by Gasteiger charge is -2.04. The zero-order chi connectivity index (χ0) is 10.7. The lowest BCUT2D eigenvalue weighted by Crippen LogP contribution is -2.06. The predicted octanol–water partition coefficient (Wildman–Crippen LogP) is 1.73. The number of halogens is 1. The van der Waals surface area contributed by atoms with Crippen LogP contribution in [0.15, 0.2) is 12.1 Å². The second-order valence-electron chi connectivity index (χ2n) is 2.81. The van der Waals surface area contributed by atoms with E-state index in [4.69, 9.17) is 0 Å². The van der Waals surface area contributed by atoms with Gasteiger partial charge in [0, 0.05) is 5.56 Å². The van der Waals surface area contributed by atoms with Crippen LogP contribution in [0.3, 0.4) is 0 Å². The number of methoxy groups -OCH3 is 1. The minimum absolute atomic E-state index is 0.213. The highest BCUT2D eigenvalue weighted by Crippen LogP contribution is 2.15. The second-order valence-corrected chi connectivity index (χ2v) is 2.81. The molecule has 74 valence electrons. The van der Waals surface area contributed by atoms with E-state index in [9.17, 15) is 14.0 Å². The Morgan fingerprint density at radius 1 is 1.50 bits per heavy atom. The third kappa shape index (κ3) is 1.79. The summed E-state index contributed by atoms with van der Waals surface area (Å²) in [5, 5.41) is 0. The quantitative estimate of drug-likeness (QED) is 0.534. The molecule has 0 aliphatic heterocycles. The highest BCUT2D eigenvalue weighted by molar-refractivity contribution is 5.92. The fraction of sp³-hybridized carbons (Fsp3) is 0.200. The van der Waals surface area contributed by atoms with Crippen molar-refractivity contribution in [3.63, 3.8) is 0 Å². The maximum Gasteiger partial charge on any atom is 0.340 e. The summed E-state index contributed by atoms with van der Waals surface area (Å²) >= 11 is 0. The number of aryl methyl sites for hydroxylation is 1. The molecule has 0 aliphatic rings. The normalized spacial score (nSPS) is 9.64. The lowest BCUT2D eigenvalue weighted by atomic mass is 10.1. The average molecular weight is 196 g/mol. The van der Waals surface area contributed by atoms with Crippen molar-refractivity contribution >= 4 is 12.3 Å². The van der Waals surface area contributed by atoms with Crippen molar-refractivity contribution in [3.8, 4) is 0 Å². The van der Waals surface area contributed by atoms with E-state index in [-0.39, 0.29) is 16.7 Å². The van der Waals surface area contributed by atoms with Crippen LogP contribution in [0, 0.1) is 12.7 Å². The van der Waals surface area contributed by atoms with Gasteiger partial charge in [-0.1, -0.05) is 0 Å². The first-order valence-electron chi connectivity index (χ1n) is 3.93. The summed E-state index contributed by atoms with van der Waals surface area (Å²) in [4.78, 5) is 21.5. The monoisotopic (exact) mass is 196 g/mol. The van der Waals surface area contributed by atoms with E-state index in [1.54, 1.807) is 0 Å². The number of benzene rings is 1. The Balaban J connectivity index is 3.33. The molecule has 0 heterocycles. The Kier molecular flexibility index (Phi) is 2.96. The SMILES string of the molecule is COC(=O)c1cc(C=O)cc(C)c1F. The summed E-state index contributed by atoms with van der Waals surface area (Å²) in [6.45, 7) is 1.48. The third-order valence-electron chi connectivity index (χ3n) is 1.82. The zero-order valence-electron chi connectivity index (χ0n) is 7.83. The average Bonchev–Trinajstić information content (AvgIpc) is 2.20. The predicted molar refractivity (Wildman–Crippen MR) is 47.9 cm³/mol. The van der Waals surface area contributed by atoms with Crippen LogP contribution < -0.4 is 0 Å². The summed E-state index contributed by atoms with van der Waals surface area (Å²) in [7, 11) is 1.16. The molecule has 0 amide bonds. The van der Waals surface area contributed by atoms with Gasteiger partial charge in [-0.25, -0.2) is 9.18 Å². The molecular formula is C10H9FO3. The molecule has 0 fully saturated rings. The minimum atomic E-state index is -0.783. The molecule has 14 heavy (non-hydrogen) atoms. The van der Waals surface area contributed by atoms with Crippen molar-refractivity contribution in [2.24, 2.45) is 0 Å². The smallest absolute Gasteiger partial charge is 0.340 e.